The fourth-order valence-corrected chi connectivity index (χ4v) is 0.830. The van der Waals surface area contributed by atoms with E-state index in [0.717, 1.165) is 17.6 Å². The zero-order chi connectivity index (χ0) is 11.0. The van der Waals surface area contributed by atoms with Gasteiger partial charge >= 0.3 is 0 Å². The maximum atomic E-state index is 3.98. The molecule has 0 fully saturated rings. The normalized spacial score (nSPS) is 12.6. The van der Waals surface area contributed by atoms with Gasteiger partial charge in [0.15, 0.2) is 0 Å². The van der Waals surface area contributed by atoms with Crippen molar-refractivity contribution in [2.24, 2.45) is 0 Å². The van der Waals surface area contributed by atoms with Gasteiger partial charge in [0.1, 0.15) is 0 Å². The minimum absolute atomic E-state index is 1.04. The zero-order valence-electron chi connectivity index (χ0n) is 9.51. The highest BCUT2D eigenvalue weighted by atomic mass is 13.9. The van der Waals surface area contributed by atoms with Crippen LogP contribution in [0.4, 0.5) is 0 Å². The Hall–Kier alpha value is -1.30. The first-order chi connectivity index (χ1) is 6.57. The van der Waals surface area contributed by atoms with Crippen molar-refractivity contribution in [1.29, 1.82) is 0 Å². The van der Waals surface area contributed by atoms with Gasteiger partial charge in [0.2, 0.25) is 0 Å². The second kappa shape index (κ2) is 7.14. The fourth-order valence-electron chi connectivity index (χ4n) is 0.830. The van der Waals surface area contributed by atoms with Crippen LogP contribution < -0.4 is 0 Å². The van der Waals surface area contributed by atoms with Crippen molar-refractivity contribution in [3.63, 3.8) is 0 Å². The van der Waals surface area contributed by atoms with Gasteiger partial charge in [-0.2, -0.15) is 0 Å². The molecule has 0 aliphatic carbocycles. The molecule has 0 aromatic heterocycles. The van der Waals surface area contributed by atoms with Crippen molar-refractivity contribution in [3.8, 4) is 0 Å². The molecule has 0 aliphatic rings. The molecule has 0 rings (SSSR count). The molecule has 14 heavy (non-hydrogen) atoms. The van der Waals surface area contributed by atoms with E-state index in [-0.39, 0.29) is 0 Å². The molecule has 0 heterocycles. The van der Waals surface area contributed by atoms with Crippen LogP contribution in [0.5, 0.6) is 0 Å². The Balaban J connectivity index is 4.32. The highest BCUT2D eigenvalue weighted by Gasteiger charge is 1.89. The van der Waals surface area contributed by atoms with Crippen LogP contribution >= 0.6 is 0 Å². The molecule has 0 unspecified atom stereocenters. The second-order valence-electron chi connectivity index (χ2n) is 3.39. The van der Waals surface area contributed by atoms with Gasteiger partial charge in [-0.1, -0.05) is 56.0 Å². The van der Waals surface area contributed by atoms with E-state index in [1.807, 2.05) is 19.1 Å². The van der Waals surface area contributed by atoms with Crippen LogP contribution in [0.25, 0.3) is 0 Å². The van der Waals surface area contributed by atoms with E-state index in [9.17, 15) is 0 Å². The Labute approximate surface area is 88.0 Å². The highest BCUT2D eigenvalue weighted by Crippen LogP contribution is 2.09. The van der Waals surface area contributed by atoms with E-state index in [2.05, 4.69) is 45.2 Å². The van der Waals surface area contributed by atoms with Gasteiger partial charge in [0.05, 0.1) is 0 Å². The third-order valence-corrected chi connectivity index (χ3v) is 1.79. The van der Waals surface area contributed by atoms with E-state index in [1.54, 1.807) is 0 Å². The third-order valence-electron chi connectivity index (χ3n) is 1.79. The molecule has 0 radical (unpaired) electrons. The lowest BCUT2D eigenvalue weighted by Crippen LogP contribution is -1.77. The molecule has 0 aromatic rings. The first-order valence-corrected chi connectivity index (χ1v) is 4.94. The summed E-state index contributed by atoms with van der Waals surface area (Å²) in [5, 5.41) is 0. The molecule has 0 bridgehead atoms. The molecule has 0 nitrogen and oxygen atoms in total. The highest BCUT2D eigenvalue weighted by molar-refractivity contribution is 5.39. The summed E-state index contributed by atoms with van der Waals surface area (Å²) in [5.41, 5.74) is 3.27. The molecular weight excluding hydrogens is 168 g/mol. The van der Waals surface area contributed by atoms with Crippen LogP contribution in [-0.2, 0) is 0 Å². The Morgan fingerprint density at radius 1 is 1.14 bits per heavy atom. The average molecular weight is 188 g/mol. The predicted octanol–water partition coefficient (Wildman–Crippen LogP) is 4.59. The molecule has 0 heteroatoms. The number of hydrogen-bond donors (Lipinski definition) is 0. The molecule has 0 spiro atoms. The summed E-state index contributed by atoms with van der Waals surface area (Å²) in [5.74, 6) is 0. The first-order valence-electron chi connectivity index (χ1n) is 4.94. The van der Waals surface area contributed by atoms with E-state index in [1.165, 1.54) is 5.57 Å². The van der Waals surface area contributed by atoms with Crippen molar-refractivity contribution in [3.05, 3.63) is 60.3 Å². The zero-order valence-corrected chi connectivity index (χ0v) is 9.51. The monoisotopic (exact) mass is 188 g/mol. The van der Waals surface area contributed by atoms with Gasteiger partial charge < -0.3 is 0 Å². The molecule has 0 aliphatic heterocycles. The standard InChI is InChI=1S/C14H20/c1-6-7-8-9-13(4)14(5)11-10-12(2)3/h7-11H,2,5-6H2,1,3-4H3/b8-7-,11-10-,13-9+. The topological polar surface area (TPSA) is 0 Å². The second-order valence-corrected chi connectivity index (χ2v) is 3.39. The summed E-state index contributed by atoms with van der Waals surface area (Å²) < 4.78 is 0. The smallest absolute Gasteiger partial charge is 0.0299 e. The van der Waals surface area contributed by atoms with Crippen LogP contribution in [-0.4, -0.2) is 0 Å². The Bertz CT molecular complexity index is 285. The maximum absolute atomic E-state index is 3.98. The molecule has 0 aromatic carbocycles. The molecule has 76 valence electrons. The summed E-state index contributed by atoms with van der Waals surface area (Å²) >= 11 is 0. The summed E-state index contributed by atoms with van der Waals surface area (Å²) in [4.78, 5) is 0. The number of hydrogen-bond acceptors (Lipinski definition) is 0. The molecule has 0 saturated carbocycles. The third kappa shape index (κ3) is 6.24. The van der Waals surface area contributed by atoms with E-state index in [4.69, 9.17) is 0 Å². The van der Waals surface area contributed by atoms with Crippen molar-refractivity contribution in [2.45, 2.75) is 27.2 Å². The van der Waals surface area contributed by atoms with E-state index >= 15 is 0 Å². The Kier molecular flexibility index (Phi) is 6.47. The summed E-state index contributed by atoms with van der Waals surface area (Å²) in [7, 11) is 0. The van der Waals surface area contributed by atoms with Crippen LogP contribution in [0.15, 0.2) is 60.3 Å². The van der Waals surface area contributed by atoms with Gasteiger partial charge in [-0.15, -0.1) is 0 Å². The lowest BCUT2D eigenvalue weighted by atomic mass is 10.1. The fraction of sp³-hybridized carbons (Fsp3) is 0.286. The van der Waals surface area contributed by atoms with Crippen molar-refractivity contribution in [1.82, 2.24) is 0 Å². The average Bonchev–Trinajstić information content (AvgIpc) is 2.14. The van der Waals surface area contributed by atoms with Gasteiger partial charge in [-0.3, -0.25) is 0 Å². The van der Waals surface area contributed by atoms with Crippen molar-refractivity contribution >= 4 is 0 Å². The molecule has 0 amide bonds. The van der Waals surface area contributed by atoms with Crippen LogP contribution in [0.1, 0.15) is 27.2 Å². The first kappa shape index (κ1) is 12.7. The van der Waals surface area contributed by atoms with Crippen molar-refractivity contribution < 1.29 is 0 Å². The summed E-state index contributed by atoms with van der Waals surface area (Å²) in [6.07, 6.45) is 11.3. The van der Waals surface area contributed by atoms with Crippen LogP contribution in [0.3, 0.4) is 0 Å². The molecule has 0 saturated heterocycles. The van der Waals surface area contributed by atoms with Gasteiger partial charge in [0.25, 0.3) is 0 Å². The van der Waals surface area contributed by atoms with Gasteiger partial charge in [0, 0.05) is 0 Å². The van der Waals surface area contributed by atoms with Crippen LogP contribution in [0, 0.1) is 0 Å². The number of rotatable bonds is 5. The van der Waals surface area contributed by atoms with Gasteiger partial charge in [-0.25, -0.2) is 0 Å². The summed E-state index contributed by atoms with van der Waals surface area (Å²) in [6, 6.07) is 0. The maximum Gasteiger partial charge on any atom is -0.0299 e. The largest absolute Gasteiger partial charge is 0.0961 e. The number of allylic oxidation sites excluding steroid dienone is 8. The quantitative estimate of drug-likeness (QED) is 0.554. The van der Waals surface area contributed by atoms with E-state index in [0.29, 0.717) is 0 Å². The van der Waals surface area contributed by atoms with Gasteiger partial charge in [-0.05, 0) is 31.4 Å². The lowest BCUT2D eigenvalue weighted by Gasteiger charge is -1.98. The molecular formula is C14H20. The minimum Gasteiger partial charge on any atom is -0.0961 e. The van der Waals surface area contributed by atoms with Crippen LogP contribution in [0.2, 0.25) is 0 Å². The van der Waals surface area contributed by atoms with Crippen molar-refractivity contribution in [2.75, 3.05) is 0 Å². The lowest BCUT2D eigenvalue weighted by molar-refractivity contribution is 1.22. The SMILES string of the molecule is C=C(C)/C=C\C(=C)/C(C)=C/C=C\CC. The Morgan fingerprint density at radius 3 is 2.29 bits per heavy atom. The Morgan fingerprint density at radius 2 is 1.79 bits per heavy atom. The summed E-state index contributed by atoms with van der Waals surface area (Å²) in [6.45, 7) is 13.9. The molecule has 0 N–H and O–H groups in total. The molecule has 0 atom stereocenters. The predicted molar refractivity (Wildman–Crippen MR) is 66.3 cm³/mol. The van der Waals surface area contributed by atoms with E-state index < -0.39 is 0 Å². The minimum atomic E-state index is 1.04.